The maximum atomic E-state index is 12.5. The van der Waals surface area contributed by atoms with E-state index in [0.29, 0.717) is 5.56 Å². The molecule has 0 fully saturated rings. The van der Waals surface area contributed by atoms with Crippen LogP contribution in [0, 0.1) is 27.7 Å². The SMILES string of the molecule is Cc1cc(C)cc(Nc2cncc(C(=O)Nc3ccc(C)c(C)c3)c2)c1. The highest BCUT2D eigenvalue weighted by Gasteiger charge is 2.09. The standard InChI is InChI=1S/C22H23N3O/c1-14-7-15(2)9-20(8-14)24-21-11-18(12-23-13-21)22(26)25-19-6-5-16(3)17(4)10-19/h5-13,24H,1-4H3,(H,25,26). The highest BCUT2D eigenvalue weighted by Crippen LogP contribution is 2.20. The summed E-state index contributed by atoms with van der Waals surface area (Å²) in [4.78, 5) is 16.7. The fraction of sp³-hybridized carbons (Fsp3) is 0.182. The van der Waals surface area contributed by atoms with Crippen LogP contribution in [-0.4, -0.2) is 10.9 Å². The van der Waals surface area contributed by atoms with Gasteiger partial charge < -0.3 is 10.6 Å². The molecule has 2 N–H and O–H groups in total. The Kier molecular flexibility index (Phi) is 5.03. The van der Waals surface area contributed by atoms with Crippen LogP contribution in [0.15, 0.2) is 54.9 Å². The third-order valence-electron chi connectivity index (χ3n) is 4.28. The van der Waals surface area contributed by atoms with Crippen molar-refractivity contribution in [1.82, 2.24) is 4.98 Å². The zero-order valence-corrected chi connectivity index (χ0v) is 15.6. The van der Waals surface area contributed by atoms with E-state index in [4.69, 9.17) is 0 Å². The molecular formula is C22H23N3O. The van der Waals surface area contributed by atoms with Crippen LogP contribution >= 0.6 is 0 Å². The molecule has 0 atom stereocenters. The third-order valence-corrected chi connectivity index (χ3v) is 4.28. The number of hydrogen-bond donors (Lipinski definition) is 2. The lowest BCUT2D eigenvalue weighted by Crippen LogP contribution is -2.12. The molecule has 3 rings (SSSR count). The van der Waals surface area contributed by atoms with Crippen molar-refractivity contribution in [2.45, 2.75) is 27.7 Å². The summed E-state index contributed by atoms with van der Waals surface area (Å²) in [5, 5.41) is 6.25. The molecule has 0 aliphatic rings. The number of carbonyl (C=O) groups is 1. The van der Waals surface area contributed by atoms with Crippen LogP contribution < -0.4 is 10.6 Å². The predicted molar refractivity (Wildman–Crippen MR) is 107 cm³/mol. The second kappa shape index (κ2) is 7.40. The van der Waals surface area contributed by atoms with E-state index < -0.39 is 0 Å². The first-order chi connectivity index (χ1) is 12.4. The first kappa shape index (κ1) is 17.7. The fourth-order valence-electron chi connectivity index (χ4n) is 2.87. The summed E-state index contributed by atoms with van der Waals surface area (Å²) in [6.45, 7) is 8.20. The van der Waals surface area contributed by atoms with Gasteiger partial charge in [-0.15, -0.1) is 0 Å². The number of aryl methyl sites for hydroxylation is 4. The molecule has 132 valence electrons. The van der Waals surface area contributed by atoms with Crippen molar-refractivity contribution in [2.24, 2.45) is 0 Å². The van der Waals surface area contributed by atoms with E-state index in [0.717, 1.165) is 22.6 Å². The van der Waals surface area contributed by atoms with Gasteiger partial charge in [0.05, 0.1) is 17.4 Å². The molecule has 0 spiro atoms. The monoisotopic (exact) mass is 345 g/mol. The van der Waals surface area contributed by atoms with Crippen molar-refractivity contribution >= 4 is 23.0 Å². The summed E-state index contributed by atoms with van der Waals surface area (Å²) < 4.78 is 0. The molecule has 0 aliphatic heterocycles. The Labute approximate surface area is 154 Å². The molecule has 4 heteroatoms. The smallest absolute Gasteiger partial charge is 0.257 e. The summed E-state index contributed by atoms with van der Waals surface area (Å²) in [6, 6.07) is 13.9. The van der Waals surface area contributed by atoms with Gasteiger partial charge in [-0.3, -0.25) is 9.78 Å². The zero-order valence-electron chi connectivity index (χ0n) is 15.6. The quantitative estimate of drug-likeness (QED) is 0.673. The number of nitrogens with zero attached hydrogens (tertiary/aromatic N) is 1. The van der Waals surface area contributed by atoms with Crippen molar-refractivity contribution in [3.8, 4) is 0 Å². The average Bonchev–Trinajstić information content (AvgIpc) is 2.57. The number of nitrogens with one attached hydrogen (secondary N) is 2. The van der Waals surface area contributed by atoms with Crippen LogP contribution in [0.4, 0.5) is 17.1 Å². The van der Waals surface area contributed by atoms with Gasteiger partial charge in [0.2, 0.25) is 0 Å². The van der Waals surface area contributed by atoms with E-state index in [1.54, 1.807) is 18.5 Å². The molecular weight excluding hydrogens is 322 g/mol. The maximum absolute atomic E-state index is 12.5. The van der Waals surface area contributed by atoms with Gasteiger partial charge in [-0.1, -0.05) is 12.1 Å². The molecule has 3 aromatic rings. The van der Waals surface area contributed by atoms with Crippen LogP contribution in [0.3, 0.4) is 0 Å². The van der Waals surface area contributed by atoms with Crippen molar-refractivity contribution in [1.29, 1.82) is 0 Å². The van der Waals surface area contributed by atoms with Crippen molar-refractivity contribution in [2.75, 3.05) is 10.6 Å². The van der Waals surface area contributed by atoms with Crippen LogP contribution in [0.2, 0.25) is 0 Å². The summed E-state index contributed by atoms with van der Waals surface area (Å²) in [5.41, 5.74) is 7.77. The van der Waals surface area contributed by atoms with Crippen LogP contribution in [-0.2, 0) is 0 Å². The Balaban J connectivity index is 1.77. The summed E-state index contributed by atoms with van der Waals surface area (Å²) in [7, 11) is 0. The van der Waals surface area contributed by atoms with Gasteiger partial charge in [-0.2, -0.15) is 0 Å². The molecule has 2 aromatic carbocycles. The predicted octanol–water partition coefficient (Wildman–Crippen LogP) is 5.31. The van der Waals surface area contributed by atoms with Crippen LogP contribution in [0.1, 0.15) is 32.6 Å². The molecule has 1 heterocycles. The van der Waals surface area contributed by atoms with E-state index in [9.17, 15) is 4.79 Å². The number of rotatable bonds is 4. The van der Waals surface area contributed by atoms with Crippen LogP contribution in [0.25, 0.3) is 0 Å². The minimum Gasteiger partial charge on any atom is -0.354 e. The van der Waals surface area contributed by atoms with Crippen molar-refractivity contribution in [3.63, 3.8) is 0 Å². The average molecular weight is 345 g/mol. The molecule has 0 radical (unpaired) electrons. The Bertz CT molecular complexity index is 943. The molecule has 0 bridgehead atoms. The largest absolute Gasteiger partial charge is 0.354 e. The van der Waals surface area contributed by atoms with Gasteiger partial charge in [0.15, 0.2) is 0 Å². The molecule has 0 saturated heterocycles. The zero-order chi connectivity index (χ0) is 18.7. The number of carbonyl (C=O) groups excluding carboxylic acids is 1. The first-order valence-corrected chi connectivity index (χ1v) is 8.60. The highest BCUT2D eigenvalue weighted by molar-refractivity contribution is 6.04. The Morgan fingerprint density at radius 2 is 1.50 bits per heavy atom. The summed E-state index contributed by atoms with van der Waals surface area (Å²) in [6.07, 6.45) is 3.29. The lowest BCUT2D eigenvalue weighted by molar-refractivity contribution is 0.102. The van der Waals surface area contributed by atoms with Gasteiger partial charge in [0, 0.05) is 17.6 Å². The molecule has 1 amide bonds. The minimum absolute atomic E-state index is 0.176. The lowest BCUT2D eigenvalue weighted by atomic mass is 10.1. The first-order valence-electron chi connectivity index (χ1n) is 8.60. The van der Waals surface area contributed by atoms with Crippen molar-refractivity contribution in [3.05, 3.63) is 82.7 Å². The Morgan fingerprint density at radius 1 is 0.769 bits per heavy atom. The molecule has 1 aromatic heterocycles. The Morgan fingerprint density at radius 3 is 2.19 bits per heavy atom. The molecule has 0 aliphatic carbocycles. The second-order valence-electron chi connectivity index (χ2n) is 6.72. The number of hydrogen-bond acceptors (Lipinski definition) is 3. The topological polar surface area (TPSA) is 54.0 Å². The van der Waals surface area contributed by atoms with Gasteiger partial charge in [-0.05, 0) is 80.3 Å². The summed E-state index contributed by atoms with van der Waals surface area (Å²) >= 11 is 0. The van der Waals surface area contributed by atoms with E-state index >= 15 is 0 Å². The number of benzene rings is 2. The second-order valence-corrected chi connectivity index (χ2v) is 6.72. The fourth-order valence-corrected chi connectivity index (χ4v) is 2.87. The van der Waals surface area contributed by atoms with E-state index in [1.807, 2.05) is 32.0 Å². The third kappa shape index (κ3) is 4.28. The van der Waals surface area contributed by atoms with Gasteiger partial charge in [0.1, 0.15) is 0 Å². The normalized spacial score (nSPS) is 10.5. The highest BCUT2D eigenvalue weighted by atomic mass is 16.1. The lowest BCUT2D eigenvalue weighted by Gasteiger charge is -2.11. The summed E-state index contributed by atoms with van der Waals surface area (Å²) in [5.74, 6) is -0.176. The number of anilines is 3. The molecule has 0 unspecified atom stereocenters. The van der Waals surface area contributed by atoms with Gasteiger partial charge in [0.25, 0.3) is 5.91 Å². The number of aromatic nitrogens is 1. The van der Waals surface area contributed by atoms with E-state index in [-0.39, 0.29) is 5.91 Å². The van der Waals surface area contributed by atoms with Crippen LogP contribution in [0.5, 0.6) is 0 Å². The number of amides is 1. The van der Waals surface area contributed by atoms with E-state index in [2.05, 4.69) is 47.7 Å². The van der Waals surface area contributed by atoms with Gasteiger partial charge in [-0.25, -0.2) is 0 Å². The van der Waals surface area contributed by atoms with Gasteiger partial charge >= 0.3 is 0 Å². The van der Waals surface area contributed by atoms with E-state index in [1.165, 1.54) is 16.7 Å². The molecule has 4 nitrogen and oxygen atoms in total. The number of pyridine rings is 1. The van der Waals surface area contributed by atoms with Crippen molar-refractivity contribution < 1.29 is 4.79 Å². The Hall–Kier alpha value is -3.14. The maximum Gasteiger partial charge on any atom is 0.257 e. The molecule has 0 saturated carbocycles. The minimum atomic E-state index is -0.176. The molecule has 26 heavy (non-hydrogen) atoms.